The highest BCUT2D eigenvalue weighted by atomic mass is 16.7. The van der Waals surface area contributed by atoms with Crippen molar-refractivity contribution in [2.75, 3.05) is 17.4 Å². The maximum atomic E-state index is 12.5. The van der Waals surface area contributed by atoms with E-state index in [1.54, 1.807) is 42.5 Å². The Morgan fingerprint density at radius 1 is 0.862 bits per heavy atom. The molecule has 0 atom stereocenters. The average molecular weight is 388 g/mol. The van der Waals surface area contributed by atoms with Gasteiger partial charge in [0.15, 0.2) is 11.5 Å². The van der Waals surface area contributed by atoms with E-state index >= 15 is 0 Å². The standard InChI is InChI=1S/C23H20N2O4/c1-15-5-7-16(8-6-15)11-22(26)24-18-3-2-4-19(13-18)25-23(27)17-9-10-20-21(12-17)29-14-28-20/h2-10,12-13H,11,14H2,1H3,(H,24,26)(H,25,27). The Balaban J connectivity index is 1.39. The summed E-state index contributed by atoms with van der Waals surface area (Å²) in [7, 11) is 0. The number of rotatable bonds is 5. The minimum absolute atomic E-state index is 0.117. The Labute approximate surface area is 168 Å². The van der Waals surface area contributed by atoms with Crippen LogP contribution in [0.2, 0.25) is 0 Å². The van der Waals surface area contributed by atoms with Gasteiger partial charge in [0.2, 0.25) is 12.7 Å². The summed E-state index contributed by atoms with van der Waals surface area (Å²) in [5.41, 5.74) is 3.76. The summed E-state index contributed by atoms with van der Waals surface area (Å²) in [6, 6.07) is 19.9. The third-order valence-electron chi connectivity index (χ3n) is 4.52. The number of hydrogen-bond acceptors (Lipinski definition) is 4. The third kappa shape index (κ3) is 4.55. The molecule has 1 aliphatic heterocycles. The van der Waals surface area contributed by atoms with Crippen LogP contribution >= 0.6 is 0 Å². The molecule has 0 radical (unpaired) electrons. The topological polar surface area (TPSA) is 76.7 Å². The number of carbonyl (C=O) groups is 2. The van der Waals surface area contributed by atoms with Gasteiger partial charge in [-0.25, -0.2) is 0 Å². The second-order valence-electron chi connectivity index (χ2n) is 6.81. The number of amides is 2. The lowest BCUT2D eigenvalue weighted by molar-refractivity contribution is -0.115. The molecule has 3 aromatic carbocycles. The Morgan fingerprint density at radius 3 is 2.38 bits per heavy atom. The van der Waals surface area contributed by atoms with E-state index in [2.05, 4.69) is 10.6 Å². The Kier molecular flexibility index (Phi) is 5.16. The van der Waals surface area contributed by atoms with Crippen molar-refractivity contribution >= 4 is 23.2 Å². The third-order valence-corrected chi connectivity index (χ3v) is 4.52. The molecule has 1 aliphatic rings. The highest BCUT2D eigenvalue weighted by Gasteiger charge is 2.16. The summed E-state index contributed by atoms with van der Waals surface area (Å²) in [5, 5.41) is 5.70. The number of benzene rings is 3. The lowest BCUT2D eigenvalue weighted by Crippen LogP contribution is -2.15. The van der Waals surface area contributed by atoms with E-state index in [-0.39, 0.29) is 25.0 Å². The van der Waals surface area contributed by atoms with Gasteiger partial charge in [-0.05, 0) is 48.9 Å². The van der Waals surface area contributed by atoms with E-state index in [1.807, 2.05) is 31.2 Å². The van der Waals surface area contributed by atoms with E-state index in [9.17, 15) is 9.59 Å². The van der Waals surface area contributed by atoms with Crippen LogP contribution in [0.1, 0.15) is 21.5 Å². The van der Waals surface area contributed by atoms with Crippen molar-refractivity contribution in [1.29, 1.82) is 0 Å². The van der Waals surface area contributed by atoms with Gasteiger partial charge in [-0.1, -0.05) is 35.9 Å². The molecule has 1 heterocycles. The summed E-state index contributed by atoms with van der Waals surface area (Å²) < 4.78 is 10.6. The summed E-state index contributed by atoms with van der Waals surface area (Å²) in [4.78, 5) is 24.8. The fraction of sp³-hybridized carbons (Fsp3) is 0.130. The molecule has 6 heteroatoms. The van der Waals surface area contributed by atoms with Gasteiger partial charge in [0.1, 0.15) is 0 Å². The van der Waals surface area contributed by atoms with E-state index in [0.717, 1.165) is 11.1 Å². The first kappa shape index (κ1) is 18.6. The van der Waals surface area contributed by atoms with Crippen LogP contribution in [0.4, 0.5) is 11.4 Å². The summed E-state index contributed by atoms with van der Waals surface area (Å²) in [6.45, 7) is 2.16. The average Bonchev–Trinajstić information content (AvgIpc) is 3.18. The van der Waals surface area contributed by atoms with Crippen LogP contribution in [0.25, 0.3) is 0 Å². The summed E-state index contributed by atoms with van der Waals surface area (Å²) in [5.74, 6) is 0.786. The number of ether oxygens (including phenoxy) is 2. The predicted octanol–water partition coefficient (Wildman–Crippen LogP) is 4.16. The smallest absolute Gasteiger partial charge is 0.255 e. The SMILES string of the molecule is Cc1ccc(CC(=O)Nc2cccc(NC(=O)c3ccc4c(c3)OCO4)c2)cc1. The highest BCUT2D eigenvalue weighted by Crippen LogP contribution is 2.32. The Morgan fingerprint density at radius 2 is 1.59 bits per heavy atom. The van der Waals surface area contributed by atoms with E-state index in [1.165, 1.54) is 0 Å². The van der Waals surface area contributed by atoms with Crippen LogP contribution in [0.15, 0.2) is 66.7 Å². The predicted molar refractivity (Wildman–Crippen MR) is 110 cm³/mol. The summed E-state index contributed by atoms with van der Waals surface area (Å²) in [6.07, 6.45) is 0.286. The Hall–Kier alpha value is -3.80. The van der Waals surface area contributed by atoms with Crippen LogP contribution in [0.3, 0.4) is 0 Å². The van der Waals surface area contributed by atoms with Gasteiger partial charge < -0.3 is 20.1 Å². The number of hydrogen-bond donors (Lipinski definition) is 2. The van der Waals surface area contributed by atoms with Gasteiger partial charge in [0.05, 0.1) is 6.42 Å². The number of nitrogens with one attached hydrogen (secondary N) is 2. The fourth-order valence-corrected chi connectivity index (χ4v) is 3.01. The highest BCUT2D eigenvalue weighted by molar-refractivity contribution is 6.05. The van der Waals surface area contributed by atoms with E-state index in [4.69, 9.17) is 9.47 Å². The molecular weight excluding hydrogens is 368 g/mol. The van der Waals surface area contributed by atoms with Gasteiger partial charge in [-0.2, -0.15) is 0 Å². The monoisotopic (exact) mass is 388 g/mol. The van der Waals surface area contributed by atoms with E-state index in [0.29, 0.717) is 28.4 Å². The minimum atomic E-state index is -0.272. The molecule has 0 aromatic heterocycles. The first-order valence-electron chi connectivity index (χ1n) is 9.23. The molecule has 4 rings (SSSR count). The largest absolute Gasteiger partial charge is 0.454 e. The van der Waals surface area contributed by atoms with E-state index < -0.39 is 0 Å². The van der Waals surface area contributed by atoms with Crippen molar-refractivity contribution in [2.24, 2.45) is 0 Å². The van der Waals surface area contributed by atoms with Crippen LogP contribution < -0.4 is 20.1 Å². The van der Waals surface area contributed by atoms with Crippen molar-refractivity contribution in [2.45, 2.75) is 13.3 Å². The van der Waals surface area contributed by atoms with Gasteiger partial charge in [0, 0.05) is 16.9 Å². The quantitative estimate of drug-likeness (QED) is 0.688. The van der Waals surface area contributed by atoms with Crippen LogP contribution in [0.5, 0.6) is 11.5 Å². The maximum Gasteiger partial charge on any atom is 0.255 e. The zero-order chi connectivity index (χ0) is 20.2. The molecule has 146 valence electrons. The second-order valence-corrected chi connectivity index (χ2v) is 6.81. The van der Waals surface area contributed by atoms with Gasteiger partial charge >= 0.3 is 0 Å². The molecule has 0 unspecified atom stereocenters. The maximum absolute atomic E-state index is 12.5. The molecule has 2 N–H and O–H groups in total. The first-order valence-corrected chi connectivity index (χ1v) is 9.23. The molecule has 0 saturated heterocycles. The number of aryl methyl sites for hydroxylation is 1. The van der Waals surface area contributed by atoms with Gasteiger partial charge in [-0.3, -0.25) is 9.59 Å². The molecule has 0 bridgehead atoms. The summed E-state index contributed by atoms with van der Waals surface area (Å²) >= 11 is 0. The second kappa shape index (κ2) is 8.06. The fourth-order valence-electron chi connectivity index (χ4n) is 3.01. The van der Waals surface area contributed by atoms with Crippen molar-refractivity contribution < 1.29 is 19.1 Å². The molecule has 2 amide bonds. The lowest BCUT2D eigenvalue weighted by Gasteiger charge is -2.09. The first-order chi connectivity index (χ1) is 14.1. The molecule has 0 saturated carbocycles. The number of anilines is 2. The number of fused-ring (bicyclic) bond motifs is 1. The molecule has 0 spiro atoms. The zero-order valence-electron chi connectivity index (χ0n) is 15.9. The Bertz CT molecular complexity index is 1060. The minimum Gasteiger partial charge on any atom is -0.454 e. The molecule has 3 aromatic rings. The van der Waals surface area contributed by atoms with Crippen LogP contribution in [0, 0.1) is 6.92 Å². The van der Waals surface area contributed by atoms with Gasteiger partial charge in [-0.15, -0.1) is 0 Å². The van der Waals surface area contributed by atoms with Gasteiger partial charge in [0.25, 0.3) is 5.91 Å². The van der Waals surface area contributed by atoms with Crippen LogP contribution in [-0.4, -0.2) is 18.6 Å². The molecular formula is C23H20N2O4. The molecule has 29 heavy (non-hydrogen) atoms. The molecule has 0 fully saturated rings. The van der Waals surface area contributed by atoms with Crippen molar-refractivity contribution in [3.8, 4) is 11.5 Å². The molecule has 0 aliphatic carbocycles. The number of carbonyl (C=O) groups excluding carboxylic acids is 2. The zero-order valence-corrected chi connectivity index (χ0v) is 15.9. The lowest BCUT2D eigenvalue weighted by atomic mass is 10.1. The van der Waals surface area contributed by atoms with Crippen LogP contribution in [-0.2, 0) is 11.2 Å². The normalized spacial score (nSPS) is 11.8. The van der Waals surface area contributed by atoms with Crippen molar-refractivity contribution in [3.05, 3.63) is 83.4 Å². The van der Waals surface area contributed by atoms with Crippen molar-refractivity contribution in [1.82, 2.24) is 0 Å². The molecule has 6 nitrogen and oxygen atoms in total. The van der Waals surface area contributed by atoms with Crippen molar-refractivity contribution in [3.63, 3.8) is 0 Å².